The second-order valence-electron chi connectivity index (χ2n) is 3.90. The first-order valence-corrected chi connectivity index (χ1v) is 5.39. The Morgan fingerprint density at radius 2 is 2.20 bits per heavy atom. The lowest BCUT2D eigenvalue weighted by Crippen LogP contribution is -2.21. The fraction of sp³-hybridized carbons (Fsp3) is 0.308. The SMILES string of the molecule is CCC(N)Cc1ccc2ncccc2c1. The van der Waals surface area contributed by atoms with Crippen molar-refractivity contribution in [3.63, 3.8) is 0 Å². The van der Waals surface area contributed by atoms with E-state index in [9.17, 15) is 0 Å². The highest BCUT2D eigenvalue weighted by Gasteiger charge is 2.02. The van der Waals surface area contributed by atoms with Crippen molar-refractivity contribution < 1.29 is 0 Å². The Morgan fingerprint density at radius 1 is 1.33 bits per heavy atom. The predicted octanol–water partition coefficient (Wildman–Crippen LogP) is 2.51. The van der Waals surface area contributed by atoms with Crippen LogP contribution in [-0.2, 0) is 6.42 Å². The molecule has 2 heteroatoms. The number of benzene rings is 1. The topological polar surface area (TPSA) is 38.9 Å². The second kappa shape index (κ2) is 4.41. The molecular formula is C13H16N2. The zero-order valence-electron chi connectivity index (χ0n) is 8.98. The molecule has 1 aromatic carbocycles. The van der Waals surface area contributed by atoms with E-state index in [-0.39, 0.29) is 6.04 Å². The van der Waals surface area contributed by atoms with Crippen molar-refractivity contribution in [2.24, 2.45) is 5.73 Å². The largest absolute Gasteiger partial charge is 0.327 e. The smallest absolute Gasteiger partial charge is 0.0702 e. The quantitative estimate of drug-likeness (QED) is 0.826. The average molecular weight is 200 g/mol. The molecule has 15 heavy (non-hydrogen) atoms. The summed E-state index contributed by atoms with van der Waals surface area (Å²) in [5, 5.41) is 1.19. The maximum Gasteiger partial charge on any atom is 0.0702 e. The molecule has 0 amide bonds. The van der Waals surface area contributed by atoms with Gasteiger partial charge in [0.25, 0.3) is 0 Å². The minimum Gasteiger partial charge on any atom is -0.327 e. The molecule has 0 fully saturated rings. The Hall–Kier alpha value is -1.41. The highest BCUT2D eigenvalue weighted by Crippen LogP contribution is 2.14. The van der Waals surface area contributed by atoms with E-state index < -0.39 is 0 Å². The zero-order chi connectivity index (χ0) is 10.7. The Bertz CT molecular complexity index is 451. The summed E-state index contributed by atoms with van der Waals surface area (Å²) >= 11 is 0. The third kappa shape index (κ3) is 2.34. The maximum atomic E-state index is 5.93. The monoisotopic (exact) mass is 200 g/mol. The second-order valence-corrected chi connectivity index (χ2v) is 3.90. The third-order valence-electron chi connectivity index (χ3n) is 2.69. The molecule has 0 saturated heterocycles. The Labute approximate surface area is 90.1 Å². The average Bonchev–Trinajstić information content (AvgIpc) is 2.29. The molecule has 2 N–H and O–H groups in total. The van der Waals surface area contributed by atoms with Gasteiger partial charge in [-0.1, -0.05) is 19.1 Å². The van der Waals surface area contributed by atoms with Gasteiger partial charge in [0.15, 0.2) is 0 Å². The number of fused-ring (bicyclic) bond motifs is 1. The van der Waals surface area contributed by atoms with Gasteiger partial charge in [0.05, 0.1) is 5.52 Å². The van der Waals surface area contributed by atoms with Crippen LogP contribution in [0.2, 0.25) is 0 Å². The van der Waals surface area contributed by atoms with Crippen molar-refractivity contribution in [3.05, 3.63) is 42.1 Å². The first kappa shape index (κ1) is 10.1. The van der Waals surface area contributed by atoms with Crippen LogP contribution in [0, 0.1) is 0 Å². The molecule has 1 unspecified atom stereocenters. The van der Waals surface area contributed by atoms with Gasteiger partial charge in [-0.05, 0) is 36.6 Å². The summed E-state index contributed by atoms with van der Waals surface area (Å²) in [5.74, 6) is 0. The minimum atomic E-state index is 0.263. The Kier molecular flexibility index (Phi) is 2.97. The fourth-order valence-corrected chi connectivity index (χ4v) is 1.70. The van der Waals surface area contributed by atoms with Gasteiger partial charge in [-0.3, -0.25) is 4.98 Å². The minimum absolute atomic E-state index is 0.263. The summed E-state index contributed by atoms with van der Waals surface area (Å²) in [5.41, 5.74) is 8.28. The number of nitrogens with zero attached hydrogens (tertiary/aromatic N) is 1. The molecule has 0 aliphatic rings. The van der Waals surface area contributed by atoms with Gasteiger partial charge in [0, 0.05) is 17.6 Å². The molecule has 0 saturated carbocycles. The summed E-state index contributed by atoms with van der Waals surface area (Å²) in [4.78, 5) is 4.29. The molecule has 1 atom stereocenters. The number of hydrogen-bond acceptors (Lipinski definition) is 2. The van der Waals surface area contributed by atoms with Crippen LogP contribution in [0.5, 0.6) is 0 Å². The van der Waals surface area contributed by atoms with Crippen molar-refractivity contribution in [3.8, 4) is 0 Å². The molecule has 0 aliphatic heterocycles. The molecule has 1 aromatic heterocycles. The summed E-state index contributed by atoms with van der Waals surface area (Å²) < 4.78 is 0. The van der Waals surface area contributed by atoms with Crippen LogP contribution >= 0.6 is 0 Å². The third-order valence-corrected chi connectivity index (χ3v) is 2.69. The van der Waals surface area contributed by atoms with E-state index >= 15 is 0 Å². The van der Waals surface area contributed by atoms with Crippen LogP contribution in [-0.4, -0.2) is 11.0 Å². The molecule has 0 radical (unpaired) electrons. The Morgan fingerprint density at radius 3 is 3.00 bits per heavy atom. The van der Waals surface area contributed by atoms with Crippen LogP contribution in [0.4, 0.5) is 0 Å². The fourth-order valence-electron chi connectivity index (χ4n) is 1.70. The van der Waals surface area contributed by atoms with Crippen molar-refractivity contribution in [1.82, 2.24) is 4.98 Å². The van der Waals surface area contributed by atoms with E-state index in [2.05, 4.69) is 36.2 Å². The van der Waals surface area contributed by atoms with Gasteiger partial charge in [-0.2, -0.15) is 0 Å². The number of hydrogen-bond donors (Lipinski definition) is 1. The summed E-state index contributed by atoms with van der Waals surface area (Å²) in [6, 6.07) is 10.7. The lowest BCUT2D eigenvalue weighted by atomic mass is 10.0. The van der Waals surface area contributed by atoms with Gasteiger partial charge >= 0.3 is 0 Å². The normalized spacial score (nSPS) is 12.9. The summed E-state index contributed by atoms with van der Waals surface area (Å²) in [6.45, 7) is 2.12. The molecular weight excluding hydrogens is 184 g/mol. The highest BCUT2D eigenvalue weighted by molar-refractivity contribution is 5.78. The number of rotatable bonds is 3. The Balaban J connectivity index is 2.30. The lowest BCUT2D eigenvalue weighted by Gasteiger charge is -2.08. The van der Waals surface area contributed by atoms with Gasteiger partial charge < -0.3 is 5.73 Å². The zero-order valence-corrected chi connectivity index (χ0v) is 8.98. The molecule has 0 spiro atoms. The lowest BCUT2D eigenvalue weighted by molar-refractivity contribution is 0.647. The van der Waals surface area contributed by atoms with Crippen molar-refractivity contribution >= 4 is 10.9 Å². The molecule has 78 valence electrons. The highest BCUT2D eigenvalue weighted by atomic mass is 14.6. The van der Waals surface area contributed by atoms with Crippen molar-refractivity contribution in [2.75, 3.05) is 0 Å². The number of pyridine rings is 1. The van der Waals surface area contributed by atoms with E-state index in [1.54, 1.807) is 0 Å². The van der Waals surface area contributed by atoms with Crippen molar-refractivity contribution in [2.45, 2.75) is 25.8 Å². The van der Waals surface area contributed by atoms with Crippen LogP contribution in [0.3, 0.4) is 0 Å². The first-order chi connectivity index (χ1) is 7.29. The molecule has 0 aliphatic carbocycles. The standard InChI is InChI=1S/C13H16N2/c1-2-12(14)9-10-5-6-13-11(8-10)4-3-7-15-13/h3-8,12H,2,9,14H2,1H3. The molecule has 2 nitrogen and oxygen atoms in total. The van der Waals surface area contributed by atoms with E-state index in [4.69, 9.17) is 5.73 Å². The molecule has 1 heterocycles. The van der Waals surface area contributed by atoms with Crippen LogP contribution < -0.4 is 5.73 Å². The van der Waals surface area contributed by atoms with Crippen LogP contribution in [0.25, 0.3) is 10.9 Å². The maximum absolute atomic E-state index is 5.93. The predicted molar refractivity (Wildman–Crippen MR) is 63.7 cm³/mol. The van der Waals surface area contributed by atoms with E-state index in [0.717, 1.165) is 18.4 Å². The van der Waals surface area contributed by atoms with Gasteiger partial charge in [-0.15, -0.1) is 0 Å². The number of aromatic nitrogens is 1. The number of nitrogens with two attached hydrogens (primary N) is 1. The molecule has 2 aromatic rings. The van der Waals surface area contributed by atoms with Crippen molar-refractivity contribution in [1.29, 1.82) is 0 Å². The first-order valence-electron chi connectivity index (χ1n) is 5.39. The summed E-state index contributed by atoms with van der Waals surface area (Å²) in [7, 11) is 0. The van der Waals surface area contributed by atoms with E-state index in [1.807, 2.05) is 12.3 Å². The van der Waals surface area contributed by atoms with Gasteiger partial charge in [-0.25, -0.2) is 0 Å². The molecule has 2 rings (SSSR count). The van der Waals surface area contributed by atoms with Gasteiger partial charge in [0.2, 0.25) is 0 Å². The summed E-state index contributed by atoms with van der Waals surface area (Å²) in [6.07, 6.45) is 3.78. The van der Waals surface area contributed by atoms with Gasteiger partial charge in [0.1, 0.15) is 0 Å². The molecule has 0 bridgehead atoms. The van der Waals surface area contributed by atoms with E-state index in [0.29, 0.717) is 0 Å². The van der Waals surface area contributed by atoms with E-state index in [1.165, 1.54) is 10.9 Å². The van der Waals surface area contributed by atoms with Crippen LogP contribution in [0.1, 0.15) is 18.9 Å². The van der Waals surface area contributed by atoms with Crippen LogP contribution in [0.15, 0.2) is 36.5 Å².